The summed E-state index contributed by atoms with van der Waals surface area (Å²) >= 11 is 0. The van der Waals surface area contributed by atoms with E-state index in [0.29, 0.717) is 11.8 Å². The molecule has 2 aliphatic rings. The Bertz CT molecular complexity index is 153. The lowest BCUT2D eigenvalue weighted by Crippen LogP contribution is -2.16. The Hall–Kier alpha value is -0.300. The van der Waals surface area contributed by atoms with Crippen LogP contribution in [0.4, 0.5) is 0 Å². The number of allylic oxidation sites excluding steroid dienone is 1. The average molecular weight is 138 g/mol. The first-order chi connectivity index (χ1) is 4.83. The van der Waals surface area contributed by atoms with Crippen molar-refractivity contribution in [3.8, 4) is 0 Å². The van der Waals surface area contributed by atoms with E-state index in [0.717, 1.165) is 12.3 Å². The van der Waals surface area contributed by atoms with E-state index in [1.165, 1.54) is 12.8 Å². The molecule has 1 heteroatoms. The van der Waals surface area contributed by atoms with Gasteiger partial charge < -0.3 is 5.11 Å². The van der Waals surface area contributed by atoms with Gasteiger partial charge in [-0.2, -0.15) is 0 Å². The highest BCUT2D eigenvalue weighted by molar-refractivity contribution is 5.03. The van der Waals surface area contributed by atoms with Gasteiger partial charge in [-0.3, -0.25) is 0 Å². The number of hydrogen-bond acceptors (Lipinski definition) is 1. The van der Waals surface area contributed by atoms with Crippen molar-refractivity contribution in [1.82, 2.24) is 0 Å². The van der Waals surface area contributed by atoms with Crippen LogP contribution >= 0.6 is 0 Å². The average Bonchev–Trinajstić information content (AvgIpc) is 2.60. The SMILES string of the molecule is C=CC[C@H]1C[C@@H]2C[C@H]2[C@@H]1O. The summed E-state index contributed by atoms with van der Waals surface area (Å²) < 4.78 is 0. The van der Waals surface area contributed by atoms with E-state index in [9.17, 15) is 5.11 Å². The Labute approximate surface area is 61.8 Å². The summed E-state index contributed by atoms with van der Waals surface area (Å²) in [6.45, 7) is 3.69. The molecule has 2 aliphatic carbocycles. The molecule has 4 atom stereocenters. The summed E-state index contributed by atoms with van der Waals surface area (Å²) in [4.78, 5) is 0. The van der Waals surface area contributed by atoms with Crippen LogP contribution in [0.15, 0.2) is 12.7 Å². The highest BCUT2D eigenvalue weighted by Crippen LogP contribution is 2.55. The lowest BCUT2D eigenvalue weighted by atomic mass is 9.97. The highest BCUT2D eigenvalue weighted by atomic mass is 16.3. The summed E-state index contributed by atoms with van der Waals surface area (Å²) in [7, 11) is 0. The van der Waals surface area contributed by atoms with Gasteiger partial charge in [0.05, 0.1) is 6.10 Å². The molecule has 0 aromatic rings. The zero-order valence-corrected chi connectivity index (χ0v) is 6.16. The quantitative estimate of drug-likeness (QED) is 0.574. The van der Waals surface area contributed by atoms with E-state index in [1.54, 1.807) is 0 Å². The van der Waals surface area contributed by atoms with Gasteiger partial charge in [-0.05, 0) is 37.0 Å². The van der Waals surface area contributed by atoms with Gasteiger partial charge in [0, 0.05) is 0 Å². The maximum Gasteiger partial charge on any atom is 0.0602 e. The molecule has 0 amide bonds. The fourth-order valence-corrected chi connectivity index (χ4v) is 2.29. The molecule has 0 radical (unpaired) electrons. The van der Waals surface area contributed by atoms with Crippen molar-refractivity contribution < 1.29 is 5.11 Å². The van der Waals surface area contributed by atoms with E-state index in [-0.39, 0.29) is 6.10 Å². The fraction of sp³-hybridized carbons (Fsp3) is 0.778. The van der Waals surface area contributed by atoms with Gasteiger partial charge in [0.25, 0.3) is 0 Å². The molecular formula is C9H14O. The summed E-state index contributed by atoms with van der Waals surface area (Å²) in [6, 6.07) is 0. The van der Waals surface area contributed by atoms with Gasteiger partial charge in [0.1, 0.15) is 0 Å². The number of rotatable bonds is 2. The molecule has 0 heterocycles. The van der Waals surface area contributed by atoms with Gasteiger partial charge in [-0.1, -0.05) is 6.08 Å². The Morgan fingerprint density at radius 2 is 2.30 bits per heavy atom. The van der Waals surface area contributed by atoms with Crippen LogP contribution in [0.3, 0.4) is 0 Å². The van der Waals surface area contributed by atoms with Gasteiger partial charge in [-0.25, -0.2) is 0 Å². The molecule has 0 aromatic heterocycles. The van der Waals surface area contributed by atoms with E-state index in [4.69, 9.17) is 0 Å². The molecule has 0 bridgehead atoms. The largest absolute Gasteiger partial charge is 0.393 e. The molecular weight excluding hydrogens is 124 g/mol. The molecule has 0 unspecified atom stereocenters. The predicted molar refractivity (Wildman–Crippen MR) is 40.5 cm³/mol. The molecule has 0 aromatic carbocycles. The first kappa shape index (κ1) is 6.41. The van der Waals surface area contributed by atoms with Crippen molar-refractivity contribution in [2.45, 2.75) is 25.4 Å². The van der Waals surface area contributed by atoms with Crippen LogP contribution < -0.4 is 0 Å². The van der Waals surface area contributed by atoms with Crippen LogP contribution in [0.1, 0.15) is 19.3 Å². The second kappa shape index (κ2) is 2.09. The fourth-order valence-electron chi connectivity index (χ4n) is 2.29. The molecule has 0 aliphatic heterocycles. The number of aliphatic hydroxyl groups is 1. The zero-order valence-electron chi connectivity index (χ0n) is 6.16. The van der Waals surface area contributed by atoms with Gasteiger partial charge >= 0.3 is 0 Å². The summed E-state index contributed by atoms with van der Waals surface area (Å²) in [5, 5.41) is 9.58. The summed E-state index contributed by atoms with van der Waals surface area (Å²) in [5.74, 6) is 2.09. The maximum atomic E-state index is 9.58. The second-order valence-corrected chi connectivity index (χ2v) is 3.67. The summed E-state index contributed by atoms with van der Waals surface area (Å²) in [5.41, 5.74) is 0. The lowest BCUT2D eigenvalue weighted by molar-refractivity contribution is 0.109. The molecule has 1 nitrogen and oxygen atoms in total. The van der Waals surface area contributed by atoms with Crippen molar-refractivity contribution in [3.63, 3.8) is 0 Å². The van der Waals surface area contributed by atoms with Crippen LogP contribution in [-0.4, -0.2) is 11.2 Å². The monoisotopic (exact) mass is 138 g/mol. The van der Waals surface area contributed by atoms with Crippen molar-refractivity contribution in [1.29, 1.82) is 0 Å². The third-order valence-corrected chi connectivity index (χ3v) is 2.97. The van der Waals surface area contributed by atoms with Crippen LogP contribution in [0.5, 0.6) is 0 Å². The third kappa shape index (κ3) is 0.807. The predicted octanol–water partition coefficient (Wildman–Crippen LogP) is 1.58. The van der Waals surface area contributed by atoms with Crippen LogP contribution in [0.25, 0.3) is 0 Å². The van der Waals surface area contributed by atoms with Crippen LogP contribution in [-0.2, 0) is 0 Å². The van der Waals surface area contributed by atoms with Gasteiger partial charge in [0.2, 0.25) is 0 Å². The van der Waals surface area contributed by atoms with Crippen LogP contribution in [0.2, 0.25) is 0 Å². The number of hydrogen-bond donors (Lipinski definition) is 1. The minimum absolute atomic E-state index is 0.00278. The molecule has 2 rings (SSSR count). The smallest absolute Gasteiger partial charge is 0.0602 e. The minimum Gasteiger partial charge on any atom is -0.393 e. The maximum absolute atomic E-state index is 9.58. The van der Waals surface area contributed by atoms with E-state index >= 15 is 0 Å². The molecule has 1 N–H and O–H groups in total. The first-order valence-corrected chi connectivity index (χ1v) is 4.12. The highest BCUT2D eigenvalue weighted by Gasteiger charge is 2.51. The van der Waals surface area contributed by atoms with E-state index in [2.05, 4.69) is 6.58 Å². The van der Waals surface area contributed by atoms with Gasteiger partial charge in [0.15, 0.2) is 0 Å². The zero-order chi connectivity index (χ0) is 7.14. The minimum atomic E-state index is 0.00278. The van der Waals surface area contributed by atoms with Crippen molar-refractivity contribution in [2.24, 2.45) is 17.8 Å². The molecule has 2 fully saturated rings. The second-order valence-electron chi connectivity index (χ2n) is 3.67. The number of fused-ring (bicyclic) bond motifs is 1. The van der Waals surface area contributed by atoms with Crippen molar-refractivity contribution >= 4 is 0 Å². The Balaban J connectivity index is 1.94. The van der Waals surface area contributed by atoms with Crippen molar-refractivity contribution in [2.75, 3.05) is 0 Å². The molecule has 2 saturated carbocycles. The number of aliphatic hydroxyl groups excluding tert-OH is 1. The normalized spacial score (nSPS) is 50.5. The molecule has 0 spiro atoms. The standard InChI is InChI=1S/C9H14O/c1-2-3-6-4-7-5-8(7)9(6)10/h2,6-10H,1,3-5H2/t6-,7+,8+,9+/m0/s1. The van der Waals surface area contributed by atoms with Crippen LogP contribution in [0, 0.1) is 17.8 Å². The van der Waals surface area contributed by atoms with Crippen molar-refractivity contribution in [3.05, 3.63) is 12.7 Å². The van der Waals surface area contributed by atoms with E-state index in [1.807, 2.05) is 6.08 Å². The molecule has 56 valence electrons. The van der Waals surface area contributed by atoms with Gasteiger partial charge in [-0.15, -0.1) is 6.58 Å². The molecule has 10 heavy (non-hydrogen) atoms. The Morgan fingerprint density at radius 3 is 2.80 bits per heavy atom. The topological polar surface area (TPSA) is 20.2 Å². The summed E-state index contributed by atoms with van der Waals surface area (Å²) in [6.07, 6.45) is 5.47. The Kier molecular flexibility index (Phi) is 1.34. The lowest BCUT2D eigenvalue weighted by Gasteiger charge is -2.14. The first-order valence-electron chi connectivity index (χ1n) is 4.12. The third-order valence-electron chi connectivity index (χ3n) is 2.97. The van der Waals surface area contributed by atoms with E-state index < -0.39 is 0 Å². The molecule has 0 saturated heterocycles. The Morgan fingerprint density at radius 1 is 1.50 bits per heavy atom.